The van der Waals surface area contributed by atoms with E-state index in [-0.39, 0.29) is 21.3 Å². The Bertz CT molecular complexity index is 993. The quantitative estimate of drug-likeness (QED) is 0.732. The summed E-state index contributed by atoms with van der Waals surface area (Å²) in [7, 11) is -3.79. The van der Waals surface area contributed by atoms with Gasteiger partial charge in [0.15, 0.2) is 10.5 Å². The van der Waals surface area contributed by atoms with Gasteiger partial charge in [-0.05, 0) is 32.2 Å². The molecule has 8 heteroatoms. The molecule has 3 rings (SSSR count). The lowest BCUT2D eigenvalue weighted by molar-refractivity contribution is 0.433. The Hall–Kier alpha value is -2.06. The van der Waals surface area contributed by atoms with Gasteiger partial charge in [0.1, 0.15) is 5.03 Å². The number of fused-ring (bicyclic) bond motifs is 1. The van der Waals surface area contributed by atoms with E-state index >= 15 is 0 Å². The van der Waals surface area contributed by atoms with Crippen LogP contribution in [0.1, 0.15) is 11.3 Å². The zero-order valence-electron chi connectivity index (χ0n) is 12.8. The van der Waals surface area contributed by atoms with Crippen molar-refractivity contribution in [1.82, 2.24) is 14.6 Å². The molecule has 23 heavy (non-hydrogen) atoms. The molecular formula is C15H15N3O3S2. The van der Waals surface area contributed by atoms with Gasteiger partial charge in [0.05, 0.1) is 4.90 Å². The Kier molecular flexibility index (Phi) is 3.81. The molecule has 0 aliphatic rings. The topological polar surface area (TPSA) is 84.6 Å². The molecular weight excluding hydrogens is 334 g/mol. The number of aryl methyl sites for hydroxylation is 2. The first-order valence-corrected chi connectivity index (χ1v) is 9.50. The van der Waals surface area contributed by atoms with Crippen LogP contribution in [0.3, 0.4) is 0 Å². The molecule has 0 saturated carbocycles. The molecule has 1 aromatic carbocycles. The number of hydrogen-bond acceptors (Lipinski definition) is 6. The molecule has 2 aromatic heterocycles. The smallest absolute Gasteiger partial charge is 0.215 e. The number of thioether (sulfide) groups is 1. The van der Waals surface area contributed by atoms with Crippen LogP contribution < -0.4 is 0 Å². The van der Waals surface area contributed by atoms with Crippen molar-refractivity contribution in [3.05, 3.63) is 41.6 Å². The molecule has 2 heterocycles. The van der Waals surface area contributed by atoms with Crippen molar-refractivity contribution >= 4 is 27.2 Å². The number of aromatic hydroxyl groups is 1. The van der Waals surface area contributed by atoms with Gasteiger partial charge in [0, 0.05) is 11.8 Å². The minimum absolute atomic E-state index is 0.0212. The maximum atomic E-state index is 13.0. The molecule has 0 atom stereocenters. The lowest BCUT2D eigenvalue weighted by atomic mass is 10.2. The number of rotatable bonds is 3. The van der Waals surface area contributed by atoms with Crippen LogP contribution in [0.25, 0.3) is 5.65 Å². The number of aromatic nitrogens is 3. The summed E-state index contributed by atoms with van der Waals surface area (Å²) in [6.07, 6.45) is 1.74. The van der Waals surface area contributed by atoms with E-state index in [0.717, 1.165) is 10.1 Å². The van der Waals surface area contributed by atoms with Gasteiger partial charge in [0.2, 0.25) is 15.7 Å². The van der Waals surface area contributed by atoms with Gasteiger partial charge in [-0.25, -0.2) is 13.4 Å². The minimum atomic E-state index is -3.79. The predicted octanol–water partition coefficient (Wildman–Crippen LogP) is 2.61. The summed E-state index contributed by atoms with van der Waals surface area (Å²) in [5.74, 6) is -0.145. The van der Waals surface area contributed by atoms with Crippen molar-refractivity contribution < 1.29 is 13.5 Å². The van der Waals surface area contributed by atoms with Crippen LogP contribution in [0, 0.1) is 13.8 Å². The van der Waals surface area contributed by atoms with Crippen LogP contribution in [0.4, 0.5) is 0 Å². The molecule has 0 radical (unpaired) electrons. The average molecular weight is 349 g/mol. The highest BCUT2D eigenvalue weighted by molar-refractivity contribution is 7.99. The molecule has 0 amide bonds. The Morgan fingerprint density at radius 1 is 1.17 bits per heavy atom. The highest BCUT2D eigenvalue weighted by Crippen LogP contribution is 2.33. The third kappa shape index (κ3) is 2.57. The van der Waals surface area contributed by atoms with Crippen molar-refractivity contribution in [3.63, 3.8) is 0 Å². The fourth-order valence-electron chi connectivity index (χ4n) is 2.28. The van der Waals surface area contributed by atoms with E-state index in [2.05, 4.69) is 10.1 Å². The van der Waals surface area contributed by atoms with Crippen molar-refractivity contribution in [2.75, 3.05) is 6.26 Å². The van der Waals surface area contributed by atoms with E-state index < -0.39 is 9.84 Å². The maximum absolute atomic E-state index is 13.0. The Labute approximate surface area is 138 Å². The fourth-order valence-corrected chi connectivity index (χ4v) is 4.68. The van der Waals surface area contributed by atoms with Crippen LogP contribution in [-0.4, -0.2) is 34.4 Å². The van der Waals surface area contributed by atoms with E-state index in [1.807, 2.05) is 6.92 Å². The van der Waals surface area contributed by atoms with Crippen molar-refractivity contribution in [3.8, 4) is 5.88 Å². The second-order valence-electron chi connectivity index (χ2n) is 5.15. The number of hydrogen-bond donors (Lipinski definition) is 1. The van der Waals surface area contributed by atoms with Gasteiger partial charge >= 0.3 is 0 Å². The summed E-state index contributed by atoms with van der Waals surface area (Å²) < 4.78 is 27.2. The summed E-state index contributed by atoms with van der Waals surface area (Å²) in [5, 5.41) is 14.5. The fraction of sp³-hybridized carbons (Fsp3) is 0.200. The van der Waals surface area contributed by atoms with Gasteiger partial charge in [-0.3, -0.25) is 0 Å². The average Bonchev–Trinajstić information content (AvgIpc) is 2.87. The first kappa shape index (κ1) is 15.8. The van der Waals surface area contributed by atoms with Gasteiger partial charge in [-0.2, -0.15) is 9.61 Å². The molecule has 0 aliphatic carbocycles. The maximum Gasteiger partial charge on any atom is 0.215 e. The molecule has 0 bridgehead atoms. The summed E-state index contributed by atoms with van der Waals surface area (Å²) >= 11 is 1.20. The molecule has 0 saturated heterocycles. The van der Waals surface area contributed by atoms with Crippen LogP contribution in [-0.2, 0) is 9.84 Å². The highest BCUT2D eigenvalue weighted by Gasteiger charge is 2.29. The summed E-state index contributed by atoms with van der Waals surface area (Å²) in [6, 6.07) is 8.05. The lowest BCUT2D eigenvalue weighted by Gasteiger charge is -2.05. The molecule has 120 valence electrons. The normalized spacial score (nSPS) is 12.0. The Morgan fingerprint density at radius 2 is 1.83 bits per heavy atom. The minimum Gasteiger partial charge on any atom is -0.493 e. The van der Waals surface area contributed by atoms with E-state index in [0.29, 0.717) is 10.7 Å². The monoisotopic (exact) mass is 349 g/mol. The van der Waals surface area contributed by atoms with Crippen molar-refractivity contribution in [2.24, 2.45) is 0 Å². The van der Waals surface area contributed by atoms with Gasteiger partial charge < -0.3 is 5.11 Å². The number of sulfone groups is 1. The predicted molar refractivity (Wildman–Crippen MR) is 87.8 cm³/mol. The summed E-state index contributed by atoms with van der Waals surface area (Å²) in [5.41, 5.74) is 1.62. The third-order valence-corrected chi connectivity index (χ3v) is 6.03. The van der Waals surface area contributed by atoms with Crippen LogP contribution in [0.5, 0.6) is 5.88 Å². The van der Waals surface area contributed by atoms with Gasteiger partial charge in [-0.1, -0.05) is 17.7 Å². The van der Waals surface area contributed by atoms with E-state index in [1.165, 1.54) is 17.8 Å². The Morgan fingerprint density at radius 3 is 2.43 bits per heavy atom. The number of benzene rings is 1. The van der Waals surface area contributed by atoms with Crippen LogP contribution in [0.15, 0.2) is 45.1 Å². The third-order valence-electron chi connectivity index (χ3n) is 3.42. The lowest BCUT2D eigenvalue weighted by Crippen LogP contribution is -2.04. The first-order valence-electron chi connectivity index (χ1n) is 6.79. The van der Waals surface area contributed by atoms with E-state index in [4.69, 9.17) is 0 Å². The molecule has 0 spiro atoms. The van der Waals surface area contributed by atoms with Gasteiger partial charge in [0.25, 0.3) is 0 Å². The zero-order chi connectivity index (χ0) is 16.8. The molecule has 0 unspecified atom stereocenters. The standard InChI is InChI=1S/C15H15N3O3S2/c1-9-4-6-11(7-5-9)23(20,21)13-14-16-10(2)8-12(19)18(14)17-15(13)22-3/h4-8,19H,1-3H3. The van der Waals surface area contributed by atoms with E-state index in [9.17, 15) is 13.5 Å². The summed E-state index contributed by atoms with van der Waals surface area (Å²) in [6.45, 7) is 3.58. The van der Waals surface area contributed by atoms with E-state index in [1.54, 1.807) is 37.4 Å². The van der Waals surface area contributed by atoms with Gasteiger partial charge in [-0.15, -0.1) is 11.8 Å². The molecule has 6 nitrogen and oxygen atoms in total. The number of nitrogens with zero attached hydrogens (tertiary/aromatic N) is 3. The van der Waals surface area contributed by atoms with Crippen molar-refractivity contribution in [2.45, 2.75) is 28.7 Å². The first-order chi connectivity index (χ1) is 10.8. The van der Waals surface area contributed by atoms with Crippen molar-refractivity contribution in [1.29, 1.82) is 0 Å². The molecule has 0 fully saturated rings. The Balaban J connectivity index is 2.36. The summed E-state index contributed by atoms with van der Waals surface area (Å²) in [4.78, 5) is 4.46. The molecule has 1 N–H and O–H groups in total. The second-order valence-corrected chi connectivity index (χ2v) is 7.83. The highest BCUT2D eigenvalue weighted by atomic mass is 32.2. The van der Waals surface area contributed by atoms with Crippen LogP contribution in [0.2, 0.25) is 0 Å². The SMILES string of the molecule is CSc1nn2c(O)cc(C)nc2c1S(=O)(=O)c1ccc(C)cc1. The zero-order valence-corrected chi connectivity index (χ0v) is 14.4. The van der Waals surface area contributed by atoms with Crippen LogP contribution >= 0.6 is 11.8 Å². The molecule has 3 aromatic rings. The largest absolute Gasteiger partial charge is 0.493 e. The molecule has 0 aliphatic heterocycles. The second kappa shape index (κ2) is 5.54.